The summed E-state index contributed by atoms with van der Waals surface area (Å²) in [6, 6.07) is 18.4. The second kappa shape index (κ2) is 8.32. The highest BCUT2D eigenvalue weighted by atomic mass is 35.5. The van der Waals surface area contributed by atoms with E-state index >= 15 is 0 Å². The molecule has 0 heterocycles. The molecule has 140 valence electrons. The lowest BCUT2D eigenvalue weighted by atomic mass is 10.1. The summed E-state index contributed by atoms with van der Waals surface area (Å²) in [4.78, 5) is 35.0. The Balaban J connectivity index is 1.73. The lowest BCUT2D eigenvalue weighted by Crippen LogP contribution is -2.14. The largest absolute Gasteiger partial charge is 0.322 e. The first-order valence-electron chi connectivity index (χ1n) is 8.15. The molecule has 0 radical (unpaired) electrons. The quantitative estimate of drug-likeness (QED) is 0.480. The van der Waals surface area contributed by atoms with Crippen molar-refractivity contribution in [3.05, 3.63) is 99.1 Å². The van der Waals surface area contributed by atoms with Gasteiger partial charge in [0, 0.05) is 39.7 Å². The van der Waals surface area contributed by atoms with Gasteiger partial charge in [-0.05, 0) is 48.5 Å². The van der Waals surface area contributed by atoms with Gasteiger partial charge >= 0.3 is 0 Å². The van der Waals surface area contributed by atoms with E-state index in [1.807, 2.05) is 0 Å². The van der Waals surface area contributed by atoms with Gasteiger partial charge < -0.3 is 10.6 Å². The highest BCUT2D eigenvalue weighted by Gasteiger charge is 2.13. The Morgan fingerprint density at radius 2 is 1.36 bits per heavy atom. The van der Waals surface area contributed by atoms with Crippen molar-refractivity contribution in [3.63, 3.8) is 0 Å². The number of hydrogen-bond acceptors (Lipinski definition) is 4. The van der Waals surface area contributed by atoms with Gasteiger partial charge in [-0.25, -0.2) is 0 Å². The molecule has 3 aromatic carbocycles. The molecule has 8 heteroatoms. The molecular weight excluding hydrogens is 382 g/mol. The zero-order valence-electron chi connectivity index (χ0n) is 14.4. The molecular formula is C20H14ClN3O4. The summed E-state index contributed by atoms with van der Waals surface area (Å²) in [5, 5.41) is 16.8. The van der Waals surface area contributed by atoms with Crippen LogP contribution in [0.1, 0.15) is 20.7 Å². The molecule has 0 spiro atoms. The summed E-state index contributed by atoms with van der Waals surface area (Å²) in [6.07, 6.45) is 0. The fourth-order valence-electron chi connectivity index (χ4n) is 2.44. The Morgan fingerprint density at radius 3 is 2.00 bits per heavy atom. The van der Waals surface area contributed by atoms with Crippen LogP contribution < -0.4 is 10.6 Å². The van der Waals surface area contributed by atoms with Gasteiger partial charge in [-0.3, -0.25) is 19.7 Å². The van der Waals surface area contributed by atoms with Gasteiger partial charge in [0.15, 0.2) is 0 Å². The Hall–Kier alpha value is -3.71. The van der Waals surface area contributed by atoms with E-state index in [4.69, 9.17) is 11.6 Å². The maximum absolute atomic E-state index is 12.4. The van der Waals surface area contributed by atoms with Crippen LogP contribution in [-0.2, 0) is 0 Å². The van der Waals surface area contributed by atoms with Crippen molar-refractivity contribution in [2.75, 3.05) is 10.6 Å². The second-order valence-electron chi connectivity index (χ2n) is 5.80. The summed E-state index contributed by atoms with van der Waals surface area (Å²) in [7, 11) is 0. The molecule has 0 bridgehead atoms. The Labute approximate surface area is 165 Å². The van der Waals surface area contributed by atoms with Crippen molar-refractivity contribution in [1.29, 1.82) is 0 Å². The lowest BCUT2D eigenvalue weighted by molar-refractivity contribution is -0.384. The number of nitrogens with one attached hydrogen (secondary N) is 2. The summed E-state index contributed by atoms with van der Waals surface area (Å²) in [5.74, 6) is -0.868. The van der Waals surface area contributed by atoms with Crippen LogP contribution in [0.4, 0.5) is 17.1 Å². The van der Waals surface area contributed by atoms with Crippen LogP contribution in [0.2, 0.25) is 5.02 Å². The fraction of sp³-hybridized carbons (Fsp3) is 0. The molecule has 3 rings (SSSR count). The van der Waals surface area contributed by atoms with Gasteiger partial charge in [0.25, 0.3) is 17.5 Å². The normalized spacial score (nSPS) is 10.2. The number of non-ortho nitro benzene ring substituents is 1. The highest BCUT2D eigenvalue weighted by molar-refractivity contribution is 6.30. The minimum Gasteiger partial charge on any atom is -0.322 e. The molecule has 0 fully saturated rings. The number of nitro groups is 1. The van der Waals surface area contributed by atoms with Crippen LogP contribution in [0, 0.1) is 10.1 Å². The molecule has 0 saturated heterocycles. The van der Waals surface area contributed by atoms with E-state index in [0.29, 0.717) is 22.0 Å². The molecule has 2 amide bonds. The number of carbonyl (C=O) groups excluding carboxylic acids is 2. The van der Waals surface area contributed by atoms with Gasteiger partial charge in [0.1, 0.15) is 0 Å². The third-order valence-electron chi connectivity index (χ3n) is 3.80. The molecule has 0 aliphatic rings. The molecule has 7 nitrogen and oxygen atoms in total. The molecule has 0 unspecified atom stereocenters. The fourth-order valence-corrected chi connectivity index (χ4v) is 2.56. The number of hydrogen-bond donors (Lipinski definition) is 2. The molecule has 3 aromatic rings. The molecule has 0 aromatic heterocycles. The molecule has 28 heavy (non-hydrogen) atoms. The zero-order valence-corrected chi connectivity index (χ0v) is 15.1. The maximum Gasteiger partial charge on any atom is 0.270 e. The van der Waals surface area contributed by atoms with E-state index in [1.54, 1.807) is 42.5 Å². The molecule has 2 N–H and O–H groups in total. The van der Waals surface area contributed by atoms with Crippen LogP contribution in [0.5, 0.6) is 0 Å². The van der Waals surface area contributed by atoms with Gasteiger partial charge in [-0.2, -0.15) is 0 Å². The maximum atomic E-state index is 12.4. The van der Waals surface area contributed by atoms with Crippen molar-refractivity contribution in [2.24, 2.45) is 0 Å². The van der Waals surface area contributed by atoms with Crippen molar-refractivity contribution in [2.45, 2.75) is 0 Å². The van der Waals surface area contributed by atoms with Crippen molar-refractivity contribution < 1.29 is 14.5 Å². The first kappa shape index (κ1) is 19.1. The summed E-state index contributed by atoms with van der Waals surface area (Å²) < 4.78 is 0. The number of nitro benzene ring substituents is 1. The Morgan fingerprint density at radius 1 is 0.786 bits per heavy atom. The van der Waals surface area contributed by atoms with Crippen LogP contribution in [-0.4, -0.2) is 16.7 Å². The minimum absolute atomic E-state index is 0.144. The number of anilines is 2. The SMILES string of the molecule is O=C(Nc1ccc(Cl)cc1)c1cccc(NC(=O)c2cccc([N+](=O)[O-])c2)c1. The first-order valence-corrected chi connectivity index (χ1v) is 8.53. The van der Waals surface area contributed by atoms with Crippen LogP contribution in [0.25, 0.3) is 0 Å². The van der Waals surface area contributed by atoms with E-state index in [1.165, 1.54) is 30.3 Å². The van der Waals surface area contributed by atoms with E-state index < -0.39 is 10.8 Å². The molecule has 0 aliphatic heterocycles. The summed E-state index contributed by atoms with van der Waals surface area (Å²) in [5.41, 5.74) is 1.28. The zero-order chi connectivity index (χ0) is 20.1. The highest BCUT2D eigenvalue weighted by Crippen LogP contribution is 2.18. The third kappa shape index (κ3) is 4.72. The minimum atomic E-state index is -0.571. The number of amides is 2. The smallest absolute Gasteiger partial charge is 0.270 e. The third-order valence-corrected chi connectivity index (χ3v) is 4.06. The van der Waals surface area contributed by atoms with E-state index in [9.17, 15) is 19.7 Å². The van der Waals surface area contributed by atoms with E-state index in [-0.39, 0.29) is 17.2 Å². The van der Waals surface area contributed by atoms with Gasteiger partial charge in [0.2, 0.25) is 0 Å². The van der Waals surface area contributed by atoms with Gasteiger partial charge in [0.05, 0.1) is 4.92 Å². The van der Waals surface area contributed by atoms with Crippen molar-refractivity contribution >= 4 is 40.5 Å². The standard InChI is InChI=1S/C20H14ClN3O4/c21-15-7-9-16(10-8-15)22-19(25)13-3-1-5-17(11-13)23-20(26)14-4-2-6-18(12-14)24(27)28/h1-12H,(H,22,25)(H,23,26). The topological polar surface area (TPSA) is 101 Å². The number of halogens is 1. The number of benzene rings is 3. The van der Waals surface area contributed by atoms with E-state index in [2.05, 4.69) is 10.6 Å². The molecule has 0 saturated carbocycles. The van der Waals surface area contributed by atoms with Crippen LogP contribution in [0.3, 0.4) is 0 Å². The summed E-state index contributed by atoms with van der Waals surface area (Å²) >= 11 is 5.82. The van der Waals surface area contributed by atoms with Crippen molar-refractivity contribution in [3.8, 4) is 0 Å². The van der Waals surface area contributed by atoms with Crippen molar-refractivity contribution in [1.82, 2.24) is 0 Å². The van der Waals surface area contributed by atoms with E-state index in [0.717, 1.165) is 0 Å². The number of nitrogens with zero attached hydrogens (tertiary/aromatic N) is 1. The summed E-state index contributed by atoms with van der Waals surface area (Å²) in [6.45, 7) is 0. The molecule has 0 aliphatic carbocycles. The first-order chi connectivity index (χ1) is 13.4. The number of rotatable bonds is 5. The molecule has 0 atom stereocenters. The van der Waals surface area contributed by atoms with Crippen LogP contribution in [0.15, 0.2) is 72.8 Å². The Bertz CT molecular complexity index is 1050. The lowest BCUT2D eigenvalue weighted by Gasteiger charge is -2.09. The predicted molar refractivity (Wildman–Crippen MR) is 107 cm³/mol. The average Bonchev–Trinajstić information content (AvgIpc) is 2.70. The Kier molecular flexibility index (Phi) is 5.67. The van der Waals surface area contributed by atoms with Gasteiger partial charge in [-0.15, -0.1) is 0 Å². The van der Waals surface area contributed by atoms with Crippen LogP contribution >= 0.6 is 11.6 Å². The average molecular weight is 396 g/mol. The second-order valence-corrected chi connectivity index (χ2v) is 6.24. The number of carbonyl (C=O) groups is 2. The predicted octanol–water partition coefficient (Wildman–Crippen LogP) is 4.75. The van der Waals surface area contributed by atoms with Gasteiger partial charge in [-0.1, -0.05) is 23.7 Å². The monoisotopic (exact) mass is 395 g/mol.